The van der Waals surface area contributed by atoms with Crippen molar-refractivity contribution in [2.45, 2.75) is 51.4 Å². The summed E-state index contributed by atoms with van der Waals surface area (Å²) in [6.45, 7) is 9.33. The minimum Gasteiger partial charge on any atom is -0.486 e. The molecule has 2 aliphatic heterocycles. The number of halogens is 6. The Morgan fingerprint density at radius 2 is 1.89 bits per heavy atom. The van der Waals surface area contributed by atoms with Crippen molar-refractivity contribution in [1.82, 2.24) is 19.0 Å². The first-order chi connectivity index (χ1) is 22.2. The van der Waals surface area contributed by atoms with Crippen LogP contribution in [0.1, 0.15) is 49.2 Å². The summed E-state index contributed by atoms with van der Waals surface area (Å²) >= 11 is 12.2. The van der Waals surface area contributed by atoms with Gasteiger partial charge in [-0.15, -0.1) is 0 Å². The van der Waals surface area contributed by atoms with E-state index in [1.54, 1.807) is 22.8 Å². The number of allylic oxidation sites excluding steroid dienone is 4. The third-order valence-corrected chi connectivity index (χ3v) is 9.33. The molecule has 3 aromatic heterocycles. The zero-order valence-corrected chi connectivity index (χ0v) is 27.0. The number of piperazine rings is 1. The lowest BCUT2D eigenvalue weighted by atomic mass is 10.0. The molecule has 9 nitrogen and oxygen atoms in total. The van der Waals surface area contributed by atoms with Crippen LogP contribution >= 0.6 is 23.2 Å². The zero-order chi connectivity index (χ0) is 34.1. The fraction of sp³-hybridized carbons (Fsp3) is 0.375. The van der Waals surface area contributed by atoms with Crippen molar-refractivity contribution in [3.63, 3.8) is 0 Å². The highest BCUT2D eigenvalue weighted by molar-refractivity contribution is 6.36. The van der Waals surface area contributed by atoms with E-state index in [4.69, 9.17) is 27.9 Å². The molecule has 0 bridgehead atoms. The lowest BCUT2D eigenvalue weighted by Gasteiger charge is -2.42. The Hall–Kier alpha value is -4.10. The van der Waals surface area contributed by atoms with Crippen molar-refractivity contribution in [2.75, 3.05) is 31.1 Å². The summed E-state index contributed by atoms with van der Waals surface area (Å²) in [5.74, 6) is -2.10. The van der Waals surface area contributed by atoms with Crippen LogP contribution in [0.3, 0.4) is 0 Å². The summed E-state index contributed by atoms with van der Waals surface area (Å²) in [4.78, 5) is 49.5. The number of alkyl halides is 3. The highest BCUT2D eigenvalue weighted by Crippen LogP contribution is 2.46. The van der Waals surface area contributed by atoms with Crippen molar-refractivity contribution in [3.8, 4) is 11.4 Å². The Bertz CT molecular complexity index is 2030. The van der Waals surface area contributed by atoms with Gasteiger partial charge in [0.05, 0.1) is 34.7 Å². The van der Waals surface area contributed by atoms with Gasteiger partial charge in [0.1, 0.15) is 23.1 Å². The molecule has 248 valence electrons. The molecule has 6 rings (SSSR count). The quantitative estimate of drug-likeness (QED) is 0.243. The molecule has 3 aliphatic rings. The van der Waals surface area contributed by atoms with E-state index >= 15 is 4.39 Å². The maximum atomic E-state index is 15.4. The van der Waals surface area contributed by atoms with Gasteiger partial charge in [-0.25, -0.2) is 4.39 Å². The smallest absolute Gasteiger partial charge is 0.431 e. The number of aromatic nitrogens is 3. The number of hydrogen-bond donors (Lipinski definition) is 0. The van der Waals surface area contributed by atoms with Gasteiger partial charge in [0.25, 0.3) is 11.1 Å². The van der Waals surface area contributed by atoms with Crippen molar-refractivity contribution >= 4 is 45.7 Å². The molecule has 0 aromatic carbocycles. The van der Waals surface area contributed by atoms with Gasteiger partial charge in [0.15, 0.2) is 0 Å². The minimum atomic E-state index is -5.18. The van der Waals surface area contributed by atoms with Gasteiger partial charge in [0, 0.05) is 42.7 Å². The molecule has 2 atom stereocenters. The number of pyridine rings is 3. The molecular formula is C32H29Cl2F4N5O4. The first-order valence-corrected chi connectivity index (χ1v) is 15.6. The Morgan fingerprint density at radius 3 is 2.51 bits per heavy atom. The van der Waals surface area contributed by atoms with Gasteiger partial charge in [-0.05, 0) is 42.7 Å². The van der Waals surface area contributed by atoms with E-state index in [0.717, 1.165) is 16.7 Å². The SMILES string of the molecule is C=CC(=O)N1CCN2c3c(c(=O)n(-c4c(C)ccnc4C(C)C)c4c(=O)n([C@H]5C(Cl)=CC(Cl)=C5F)c(C(F)(F)F)cc34)OCCC2C1. The van der Waals surface area contributed by atoms with Crippen LogP contribution in [0.25, 0.3) is 16.6 Å². The highest BCUT2D eigenvalue weighted by Gasteiger charge is 2.43. The van der Waals surface area contributed by atoms with Crippen molar-refractivity contribution < 1.29 is 27.1 Å². The second kappa shape index (κ2) is 11.9. The third-order valence-electron chi connectivity index (χ3n) is 8.73. The van der Waals surface area contributed by atoms with Gasteiger partial charge < -0.3 is 14.5 Å². The average molecular weight is 695 g/mol. The van der Waals surface area contributed by atoms with Crippen molar-refractivity contribution in [1.29, 1.82) is 0 Å². The van der Waals surface area contributed by atoms with Crippen LogP contribution in [-0.2, 0) is 11.0 Å². The van der Waals surface area contributed by atoms with Crippen LogP contribution in [0.5, 0.6) is 5.75 Å². The summed E-state index contributed by atoms with van der Waals surface area (Å²) in [5, 5.41) is -1.24. The monoisotopic (exact) mass is 693 g/mol. The number of anilines is 1. The number of amides is 1. The summed E-state index contributed by atoms with van der Waals surface area (Å²) in [7, 11) is 0. The summed E-state index contributed by atoms with van der Waals surface area (Å²) < 4.78 is 67.5. The van der Waals surface area contributed by atoms with E-state index < -0.39 is 56.5 Å². The molecule has 1 unspecified atom stereocenters. The van der Waals surface area contributed by atoms with E-state index in [1.165, 1.54) is 12.3 Å². The van der Waals surface area contributed by atoms with Gasteiger partial charge in [0.2, 0.25) is 11.7 Å². The van der Waals surface area contributed by atoms with Crippen molar-refractivity contribution in [3.05, 3.63) is 90.6 Å². The second-order valence-corrected chi connectivity index (χ2v) is 12.7. The molecule has 47 heavy (non-hydrogen) atoms. The molecule has 0 saturated carbocycles. The standard InChI is InChI=1S/C32H29Cl2F4N5O4/c1-5-22(44)40-9-10-41-17(14-40)7-11-47-29-26(41)18-12-21(32(36,37)38)42(28-20(34)13-19(33)23(28)35)30(45)27(18)43(31(29)46)25-16(4)6-8-39-24(25)15(2)3/h5-6,8,12-13,15,17,28H,1,7,9-11,14H2,2-4H3/t17?,28-/m0/s1. The largest absolute Gasteiger partial charge is 0.486 e. The van der Waals surface area contributed by atoms with E-state index in [-0.39, 0.29) is 65.1 Å². The number of nitrogens with zero attached hydrogens (tertiary/aromatic N) is 5. The number of aryl methyl sites for hydroxylation is 1. The maximum absolute atomic E-state index is 15.4. The molecule has 0 radical (unpaired) electrons. The Morgan fingerprint density at radius 1 is 1.17 bits per heavy atom. The van der Waals surface area contributed by atoms with Gasteiger partial charge in [-0.3, -0.25) is 28.5 Å². The van der Waals surface area contributed by atoms with E-state index in [1.807, 2.05) is 13.8 Å². The normalized spacial score (nSPS) is 19.8. The molecule has 0 N–H and O–H groups in total. The van der Waals surface area contributed by atoms with Crippen LogP contribution in [0.2, 0.25) is 0 Å². The maximum Gasteiger partial charge on any atom is 0.431 e. The van der Waals surface area contributed by atoms with Crippen LogP contribution in [0, 0.1) is 6.92 Å². The molecule has 1 fully saturated rings. The predicted molar refractivity (Wildman–Crippen MR) is 170 cm³/mol. The molecule has 15 heteroatoms. The predicted octanol–water partition coefficient (Wildman–Crippen LogP) is 6.08. The lowest BCUT2D eigenvalue weighted by Crippen LogP contribution is -2.54. The number of hydrogen-bond acceptors (Lipinski definition) is 6. The lowest BCUT2D eigenvalue weighted by molar-refractivity contribution is -0.144. The first-order valence-electron chi connectivity index (χ1n) is 14.8. The summed E-state index contributed by atoms with van der Waals surface area (Å²) in [6.07, 6.45) is -1.22. The third kappa shape index (κ3) is 5.23. The molecule has 1 aliphatic carbocycles. The summed E-state index contributed by atoms with van der Waals surface area (Å²) in [6, 6.07) is -0.152. The zero-order valence-electron chi connectivity index (χ0n) is 25.5. The fourth-order valence-corrected chi connectivity index (χ4v) is 7.18. The summed E-state index contributed by atoms with van der Waals surface area (Å²) in [5.41, 5.74) is -3.00. The number of carbonyl (C=O) groups is 1. The Kier molecular flexibility index (Phi) is 8.28. The molecule has 5 heterocycles. The Labute approximate surface area is 275 Å². The number of rotatable bonds is 4. The molecule has 1 saturated heterocycles. The number of fused-ring (bicyclic) bond motifs is 5. The fourth-order valence-electron chi connectivity index (χ4n) is 6.61. The van der Waals surface area contributed by atoms with E-state index in [2.05, 4.69) is 11.6 Å². The number of ether oxygens (including phenoxy) is 1. The van der Waals surface area contributed by atoms with Crippen LogP contribution in [0.4, 0.5) is 23.2 Å². The van der Waals surface area contributed by atoms with E-state index in [9.17, 15) is 27.6 Å². The topological polar surface area (TPSA) is 89.7 Å². The van der Waals surface area contributed by atoms with Gasteiger partial charge in [-0.2, -0.15) is 13.2 Å². The average Bonchev–Trinajstić information content (AvgIpc) is 3.15. The van der Waals surface area contributed by atoms with Crippen molar-refractivity contribution in [2.24, 2.45) is 0 Å². The molecule has 0 spiro atoms. The molecule has 1 amide bonds. The highest BCUT2D eigenvalue weighted by atomic mass is 35.5. The minimum absolute atomic E-state index is 0.00820. The van der Waals surface area contributed by atoms with Crippen LogP contribution in [-0.4, -0.2) is 57.2 Å². The van der Waals surface area contributed by atoms with Gasteiger partial charge in [-0.1, -0.05) is 43.6 Å². The molecule has 3 aromatic rings. The second-order valence-electron chi connectivity index (χ2n) is 11.9. The first kappa shape index (κ1) is 32.8. The van der Waals surface area contributed by atoms with Crippen LogP contribution < -0.4 is 20.8 Å². The molecular weight excluding hydrogens is 665 g/mol. The number of carbonyl (C=O) groups excluding carboxylic acids is 1. The van der Waals surface area contributed by atoms with Gasteiger partial charge >= 0.3 is 6.18 Å². The van der Waals surface area contributed by atoms with Crippen LogP contribution in [0.15, 0.2) is 62.5 Å². The van der Waals surface area contributed by atoms with E-state index in [0.29, 0.717) is 17.7 Å². The Balaban J connectivity index is 1.80.